The van der Waals surface area contributed by atoms with E-state index in [1.807, 2.05) is 13.8 Å². The van der Waals surface area contributed by atoms with Crippen molar-refractivity contribution in [2.75, 3.05) is 5.32 Å². The molecule has 0 spiro atoms. The molecule has 1 amide bonds. The Labute approximate surface area is 109 Å². The van der Waals surface area contributed by atoms with Crippen molar-refractivity contribution >= 4 is 28.4 Å². The number of hydrogen-bond donors (Lipinski definition) is 3. The van der Waals surface area contributed by atoms with Gasteiger partial charge in [0, 0.05) is 0 Å². The van der Waals surface area contributed by atoms with E-state index >= 15 is 0 Å². The zero-order valence-electron chi connectivity index (χ0n) is 10.6. The van der Waals surface area contributed by atoms with Crippen LogP contribution in [0.25, 0.3) is 0 Å². The summed E-state index contributed by atoms with van der Waals surface area (Å²) in [4.78, 5) is 22.9. The molecule has 0 fully saturated rings. The lowest BCUT2D eigenvalue weighted by atomic mass is 9.99. The minimum absolute atomic E-state index is 0.0321. The molecule has 1 heterocycles. The number of amides is 1. The number of carbonyl (C=O) groups is 2. The van der Waals surface area contributed by atoms with Gasteiger partial charge in [-0.25, -0.2) is 4.79 Å². The first-order valence-corrected chi connectivity index (χ1v) is 6.41. The lowest BCUT2D eigenvalue weighted by Crippen LogP contribution is -2.40. The number of nitrogens with zero attached hydrogens (tertiary/aromatic N) is 1. The molecule has 100 valence electrons. The van der Waals surface area contributed by atoms with Crippen LogP contribution in [0.15, 0.2) is 0 Å². The quantitative estimate of drug-likeness (QED) is 0.752. The van der Waals surface area contributed by atoms with Crippen molar-refractivity contribution in [1.82, 2.24) is 4.37 Å². The van der Waals surface area contributed by atoms with Crippen molar-refractivity contribution in [2.24, 2.45) is 11.7 Å². The summed E-state index contributed by atoms with van der Waals surface area (Å²) < 4.78 is 3.92. The first kappa shape index (κ1) is 14.6. The van der Waals surface area contributed by atoms with Crippen LogP contribution in [-0.4, -0.2) is 27.4 Å². The largest absolute Gasteiger partial charge is 0.478 e. The first-order chi connectivity index (χ1) is 8.38. The van der Waals surface area contributed by atoms with Crippen LogP contribution in [0.4, 0.5) is 5.00 Å². The third kappa shape index (κ3) is 3.05. The van der Waals surface area contributed by atoms with Crippen molar-refractivity contribution in [3.05, 3.63) is 11.3 Å². The zero-order valence-corrected chi connectivity index (χ0v) is 11.4. The second-order valence-corrected chi connectivity index (χ2v) is 4.95. The normalized spacial score (nSPS) is 14.0. The predicted molar refractivity (Wildman–Crippen MR) is 69.9 cm³/mol. The Morgan fingerprint density at radius 2 is 2.17 bits per heavy atom. The maximum Gasteiger partial charge on any atom is 0.340 e. The third-order valence-electron chi connectivity index (χ3n) is 2.87. The van der Waals surface area contributed by atoms with Gasteiger partial charge < -0.3 is 16.2 Å². The number of nitrogens with one attached hydrogen (secondary N) is 1. The van der Waals surface area contributed by atoms with E-state index in [0.717, 1.165) is 18.0 Å². The number of aromatic nitrogens is 1. The molecule has 0 aliphatic heterocycles. The fourth-order valence-corrected chi connectivity index (χ4v) is 2.21. The zero-order chi connectivity index (χ0) is 13.9. The molecule has 0 bridgehead atoms. The minimum Gasteiger partial charge on any atom is -0.478 e. The van der Waals surface area contributed by atoms with E-state index in [0.29, 0.717) is 5.69 Å². The van der Waals surface area contributed by atoms with Crippen molar-refractivity contribution in [2.45, 2.75) is 33.2 Å². The van der Waals surface area contributed by atoms with Crippen molar-refractivity contribution in [3.63, 3.8) is 0 Å². The maximum absolute atomic E-state index is 11.8. The lowest BCUT2D eigenvalue weighted by molar-refractivity contribution is -0.118. The molecule has 0 aromatic carbocycles. The van der Waals surface area contributed by atoms with Crippen molar-refractivity contribution < 1.29 is 14.7 Å². The summed E-state index contributed by atoms with van der Waals surface area (Å²) in [5.41, 5.74) is 6.20. The van der Waals surface area contributed by atoms with Gasteiger partial charge in [-0.1, -0.05) is 20.3 Å². The Bertz CT molecular complexity index is 458. The van der Waals surface area contributed by atoms with Gasteiger partial charge in [0.1, 0.15) is 10.6 Å². The summed E-state index contributed by atoms with van der Waals surface area (Å²) in [5.74, 6) is -1.45. The van der Waals surface area contributed by atoms with Crippen molar-refractivity contribution in [3.8, 4) is 0 Å². The van der Waals surface area contributed by atoms with Crippen LogP contribution in [0.1, 0.15) is 36.3 Å². The Balaban J connectivity index is 2.86. The summed E-state index contributed by atoms with van der Waals surface area (Å²) in [6.45, 7) is 5.40. The second kappa shape index (κ2) is 5.92. The number of carboxylic acids is 1. The van der Waals surface area contributed by atoms with Gasteiger partial charge in [-0.05, 0) is 24.4 Å². The average molecular weight is 271 g/mol. The van der Waals surface area contributed by atoms with Crippen molar-refractivity contribution in [1.29, 1.82) is 0 Å². The van der Waals surface area contributed by atoms with Crippen LogP contribution in [0, 0.1) is 12.8 Å². The summed E-state index contributed by atoms with van der Waals surface area (Å²) in [6, 6.07) is -0.654. The molecule has 0 aliphatic carbocycles. The highest BCUT2D eigenvalue weighted by atomic mass is 32.1. The number of carboxylic acid groups (broad SMARTS) is 1. The molecule has 1 rings (SSSR count). The molecule has 18 heavy (non-hydrogen) atoms. The Hall–Kier alpha value is -1.47. The number of carbonyl (C=O) groups excluding carboxylic acids is 1. The fourth-order valence-electron chi connectivity index (χ4n) is 1.41. The molecule has 2 atom stereocenters. The molecule has 7 heteroatoms. The SMILES string of the molecule is CCC(C)C(N)C(=O)Nc1snc(C)c1C(=O)O. The molecular weight excluding hydrogens is 254 g/mol. The van der Waals surface area contributed by atoms with E-state index in [4.69, 9.17) is 10.8 Å². The standard InChI is InChI=1S/C11H17N3O3S/c1-4-5(2)8(12)9(15)13-10-7(11(16)17)6(3)14-18-10/h5,8H,4,12H2,1-3H3,(H,13,15)(H,16,17). The van der Waals surface area contributed by atoms with E-state index in [2.05, 4.69) is 9.69 Å². The first-order valence-electron chi connectivity index (χ1n) is 5.64. The van der Waals surface area contributed by atoms with E-state index < -0.39 is 12.0 Å². The number of anilines is 1. The molecule has 4 N–H and O–H groups in total. The number of aryl methyl sites for hydroxylation is 1. The topological polar surface area (TPSA) is 105 Å². The van der Waals surface area contributed by atoms with Gasteiger partial charge in [0.05, 0.1) is 11.7 Å². The van der Waals surface area contributed by atoms with Crippen LogP contribution < -0.4 is 11.1 Å². The molecule has 0 radical (unpaired) electrons. The molecular formula is C11H17N3O3S. The maximum atomic E-state index is 11.8. The highest BCUT2D eigenvalue weighted by Crippen LogP contribution is 2.24. The second-order valence-electron chi connectivity index (χ2n) is 4.18. The Kier molecular flexibility index (Phi) is 4.80. The van der Waals surface area contributed by atoms with Crippen LogP contribution in [-0.2, 0) is 4.79 Å². The van der Waals surface area contributed by atoms with E-state index in [-0.39, 0.29) is 22.4 Å². The van der Waals surface area contributed by atoms with Crippen LogP contribution in [0.5, 0.6) is 0 Å². The lowest BCUT2D eigenvalue weighted by Gasteiger charge is -2.17. The smallest absolute Gasteiger partial charge is 0.340 e. The number of nitrogens with two attached hydrogens (primary N) is 1. The van der Waals surface area contributed by atoms with Gasteiger partial charge >= 0.3 is 5.97 Å². The fraction of sp³-hybridized carbons (Fsp3) is 0.545. The predicted octanol–water partition coefficient (Wildman–Crippen LogP) is 1.46. The summed E-state index contributed by atoms with van der Waals surface area (Å²) in [5, 5.41) is 11.8. The van der Waals surface area contributed by atoms with E-state index in [1.165, 1.54) is 0 Å². The molecule has 0 saturated carbocycles. The van der Waals surface area contributed by atoms with Gasteiger partial charge in [0.15, 0.2) is 0 Å². The molecule has 0 aliphatic rings. The molecule has 6 nitrogen and oxygen atoms in total. The van der Waals surface area contributed by atoms with E-state index in [9.17, 15) is 9.59 Å². The summed E-state index contributed by atoms with van der Waals surface area (Å²) in [6.07, 6.45) is 0.780. The third-order valence-corrected chi connectivity index (χ3v) is 3.73. The van der Waals surface area contributed by atoms with Crippen LogP contribution in [0.2, 0.25) is 0 Å². The minimum atomic E-state index is -1.10. The summed E-state index contributed by atoms with van der Waals surface area (Å²) in [7, 11) is 0. The Morgan fingerprint density at radius 3 is 2.67 bits per heavy atom. The number of aromatic carboxylic acids is 1. The summed E-state index contributed by atoms with van der Waals surface area (Å²) >= 11 is 0.951. The van der Waals surface area contributed by atoms with Gasteiger partial charge in [-0.3, -0.25) is 4.79 Å². The molecule has 1 aromatic rings. The molecule has 2 unspecified atom stereocenters. The van der Waals surface area contributed by atoms with Crippen LogP contribution >= 0.6 is 11.5 Å². The molecule has 0 saturated heterocycles. The molecule has 1 aromatic heterocycles. The van der Waals surface area contributed by atoms with Gasteiger partial charge in [-0.2, -0.15) is 4.37 Å². The van der Waals surface area contributed by atoms with Crippen LogP contribution in [0.3, 0.4) is 0 Å². The monoisotopic (exact) mass is 271 g/mol. The van der Waals surface area contributed by atoms with Gasteiger partial charge in [-0.15, -0.1) is 0 Å². The van der Waals surface area contributed by atoms with E-state index in [1.54, 1.807) is 6.92 Å². The average Bonchev–Trinajstić information content (AvgIpc) is 2.68. The highest BCUT2D eigenvalue weighted by Gasteiger charge is 2.24. The van der Waals surface area contributed by atoms with Gasteiger partial charge in [0.25, 0.3) is 0 Å². The number of hydrogen-bond acceptors (Lipinski definition) is 5. The Morgan fingerprint density at radius 1 is 1.56 bits per heavy atom. The van der Waals surface area contributed by atoms with Gasteiger partial charge in [0.2, 0.25) is 5.91 Å². The number of rotatable bonds is 5. The highest BCUT2D eigenvalue weighted by molar-refractivity contribution is 7.11.